The van der Waals surface area contributed by atoms with Crippen LogP contribution in [0.4, 0.5) is 0 Å². The van der Waals surface area contributed by atoms with Gasteiger partial charge in [-0.05, 0) is 50.1 Å². The van der Waals surface area contributed by atoms with Gasteiger partial charge in [0.15, 0.2) is 0 Å². The van der Waals surface area contributed by atoms with E-state index in [0.29, 0.717) is 0 Å². The smallest absolute Gasteiger partial charge is 0.144 e. The van der Waals surface area contributed by atoms with Gasteiger partial charge in [-0.2, -0.15) is 0 Å². The largest absolute Gasteiger partial charge is 0.299 e. The van der Waals surface area contributed by atoms with Crippen molar-refractivity contribution >= 4 is 21.6 Å². The number of hydrogen-bond acceptors (Lipinski definition) is 3. The second kappa shape index (κ2) is 5.32. The van der Waals surface area contributed by atoms with E-state index in [2.05, 4.69) is 65.6 Å². The molecule has 3 nitrogen and oxygen atoms in total. The van der Waals surface area contributed by atoms with E-state index in [0.717, 1.165) is 16.9 Å². The monoisotopic (exact) mass is 319 g/mol. The van der Waals surface area contributed by atoms with E-state index < -0.39 is 0 Å². The van der Waals surface area contributed by atoms with Crippen molar-refractivity contribution in [2.45, 2.75) is 20.8 Å². The fraction of sp³-hybridized carbons (Fsp3) is 0.158. The van der Waals surface area contributed by atoms with E-state index in [4.69, 9.17) is 0 Å². The SMILES string of the molecule is Cc1cc(C)c(-n2ccnc2-c2ccc3ncsc3c2)c(C)c1. The number of aryl methyl sites for hydroxylation is 3. The lowest BCUT2D eigenvalue weighted by Crippen LogP contribution is -2.02. The van der Waals surface area contributed by atoms with Crippen LogP contribution in [0.15, 0.2) is 48.2 Å². The number of imidazole rings is 1. The summed E-state index contributed by atoms with van der Waals surface area (Å²) in [6.07, 6.45) is 3.90. The van der Waals surface area contributed by atoms with Crippen molar-refractivity contribution < 1.29 is 0 Å². The minimum absolute atomic E-state index is 0.968. The molecule has 0 saturated carbocycles. The van der Waals surface area contributed by atoms with Crippen LogP contribution in [-0.2, 0) is 0 Å². The van der Waals surface area contributed by atoms with Crippen molar-refractivity contribution in [3.05, 3.63) is 64.9 Å². The van der Waals surface area contributed by atoms with Crippen molar-refractivity contribution in [2.24, 2.45) is 0 Å². The highest BCUT2D eigenvalue weighted by Crippen LogP contribution is 2.29. The molecule has 0 atom stereocenters. The first-order chi connectivity index (χ1) is 11.1. The third-order valence-corrected chi connectivity index (χ3v) is 4.90. The molecule has 0 amide bonds. The van der Waals surface area contributed by atoms with Crippen molar-refractivity contribution in [3.63, 3.8) is 0 Å². The summed E-state index contributed by atoms with van der Waals surface area (Å²) < 4.78 is 3.38. The fourth-order valence-electron chi connectivity index (χ4n) is 3.24. The molecule has 4 heteroatoms. The maximum absolute atomic E-state index is 4.61. The molecule has 2 aromatic carbocycles. The number of thiazole rings is 1. The Kier molecular flexibility index (Phi) is 3.27. The lowest BCUT2D eigenvalue weighted by atomic mass is 10.0. The average Bonchev–Trinajstić information content (AvgIpc) is 3.13. The van der Waals surface area contributed by atoms with Gasteiger partial charge in [0, 0.05) is 18.0 Å². The zero-order chi connectivity index (χ0) is 16.0. The van der Waals surface area contributed by atoms with Crippen LogP contribution in [0.2, 0.25) is 0 Å². The standard InChI is InChI=1S/C19H17N3S/c1-12-8-13(2)18(14(3)9-12)22-7-6-20-19(22)15-4-5-16-17(10-15)23-11-21-16/h4-11H,1-3H3. The van der Waals surface area contributed by atoms with Gasteiger partial charge in [0.25, 0.3) is 0 Å². The number of rotatable bonds is 2. The zero-order valence-corrected chi connectivity index (χ0v) is 14.2. The number of aromatic nitrogens is 3. The van der Waals surface area contributed by atoms with Crippen molar-refractivity contribution in [3.8, 4) is 17.1 Å². The molecule has 23 heavy (non-hydrogen) atoms. The van der Waals surface area contributed by atoms with E-state index in [-0.39, 0.29) is 0 Å². The van der Waals surface area contributed by atoms with Gasteiger partial charge in [-0.15, -0.1) is 11.3 Å². The van der Waals surface area contributed by atoms with Gasteiger partial charge in [0.05, 0.1) is 21.4 Å². The first-order valence-electron chi connectivity index (χ1n) is 7.58. The topological polar surface area (TPSA) is 30.7 Å². The van der Waals surface area contributed by atoms with Crippen LogP contribution in [0.5, 0.6) is 0 Å². The van der Waals surface area contributed by atoms with E-state index in [9.17, 15) is 0 Å². The number of benzene rings is 2. The van der Waals surface area contributed by atoms with Gasteiger partial charge in [-0.25, -0.2) is 9.97 Å². The molecular weight excluding hydrogens is 302 g/mol. The normalized spacial score (nSPS) is 11.3. The maximum atomic E-state index is 4.61. The van der Waals surface area contributed by atoms with Crippen LogP contribution in [0.3, 0.4) is 0 Å². The van der Waals surface area contributed by atoms with Crippen molar-refractivity contribution in [2.75, 3.05) is 0 Å². The Bertz CT molecular complexity index is 987. The van der Waals surface area contributed by atoms with Crippen molar-refractivity contribution in [1.29, 1.82) is 0 Å². The summed E-state index contributed by atoms with van der Waals surface area (Å²) >= 11 is 1.66. The first-order valence-corrected chi connectivity index (χ1v) is 8.46. The average molecular weight is 319 g/mol. The second-order valence-corrected chi connectivity index (χ2v) is 6.79. The summed E-state index contributed by atoms with van der Waals surface area (Å²) in [6, 6.07) is 10.8. The Hall–Kier alpha value is -2.46. The Labute approximate surface area is 139 Å². The van der Waals surface area contributed by atoms with Crippen LogP contribution >= 0.6 is 11.3 Å². The summed E-state index contributed by atoms with van der Waals surface area (Å²) in [4.78, 5) is 8.96. The maximum Gasteiger partial charge on any atom is 0.144 e. The third-order valence-electron chi connectivity index (χ3n) is 4.11. The van der Waals surface area contributed by atoms with Crippen LogP contribution in [0, 0.1) is 20.8 Å². The second-order valence-electron chi connectivity index (χ2n) is 5.90. The molecule has 2 heterocycles. The van der Waals surface area contributed by atoms with E-state index in [1.807, 2.05) is 17.9 Å². The molecule has 4 aromatic rings. The highest BCUT2D eigenvalue weighted by molar-refractivity contribution is 7.16. The minimum Gasteiger partial charge on any atom is -0.299 e. The quantitative estimate of drug-likeness (QED) is 0.516. The highest BCUT2D eigenvalue weighted by atomic mass is 32.1. The summed E-state index contributed by atoms with van der Waals surface area (Å²) in [5.41, 5.74) is 9.07. The molecule has 0 spiro atoms. The van der Waals surface area contributed by atoms with Gasteiger partial charge in [0.2, 0.25) is 0 Å². The summed E-state index contributed by atoms with van der Waals surface area (Å²) in [6.45, 7) is 6.45. The van der Waals surface area contributed by atoms with Crippen LogP contribution in [0.1, 0.15) is 16.7 Å². The fourth-order valence-corrected chi connectivity index (χ4v) is 3.96. The minimum atomic E-state index is 0.968. The molecule has 114 valence electrons. The van der Waals surface area contributed by atoms with Crippen LogP contribution < -0.4 is 0 Å². The van der Waals surface area contributed by atoms with Gasteiger partial charge in [0.1, 0.15) is 5.82 Å². The zero-order valence-electron chi connectivity index (χ0n) is 13.4. The lowest BCUT2D eigenvalue weighted by Gasteiger charge is -2.15. The molecule has 0 bridgehead atoms. The Morgan fingerprint density at radius 3 is 2.52 bits per heavy atom. The molecule has 2 aromatic heterocycles. The molecule has 0 N–H and O–H groups in total. The summed E-state index contributed by atoms with van der Waals surface area (Å²) in [7, 11) is 0. The van der Waals surface area contributed by atoms with E-state index in [1.165, 1.54) is 27.1 Å². The van der Waals surface area contributed by atoms with Gasteiger partial charge < -0.3 is 0 Å². The Balaban J connectivity index is 1.92. The number of nitrogens with zero attached hydrogens (tertiary/aromatic N) is 3. The molecule has 0 unspecified atom stereocenters. The molecule has 0 radical (unpaired) electrons. The van der Waals surface area contributed by atoms with Crippen LogP contribution in [0.25, 0.3) is 27.3 Å². The highest BCUT2D eigenvalue weighted by Gasteiger charge is 2.13. The van der Waals surface area contributed by atoms with Gasteiger partial charge in [-0.3, -0.25) is 4.57 Å². The van der Waals surface area contributed by atoms with E-state index >= 15 is 0 Å². The molecule has 0 aliphatic rings. The van der Waals surface area contributed by atoms with Crippen LogP contribution in [-0.4, -0.2) is 14.5 Å². The summed E-state index contributed by atoms with van der Waals surface area (Å²) in [5, 5.41) is 0. The Morgan fingerprint density at radius 2 is 1.74 bits per heavy atom. The molecule has 0 saturated heterocycles. The predicted octanol–water partition coefficient (Wildman–Crippen LogP) is 5.07. The lowest BCUT2D eigenvalue weighted by molar-refractivity contribution is 1.03. The molecule has 4 rings (SSSR count). The molecule has 0 aliphatic carbocycles. The van der Waals surface area contributed by atoms with Gasteiger partial charge >= 0.3 is 0 Å². The molecular formula is C19H17N3S. The summed E-state index contributed by atoms with van der Waals surface area (Å²) in [5.74, 6) is 0.968. The molecule has 0 fully saturated rings. The number of fused-ring (bicyclic) bond motifs is 1. The Morgan fingerprint density at radius 1 is 0.957 bits per heavy atom. The number of hydrogen-bond donors (Lipinski definition) is 0. The van der Waals surface area contributed by atoms with Gasteiger partial charge in [-0.1, -0.05) is 17.7 Å². The molecule has 0 aliphatic heterocycles. The van der Waals surface area contributed by atoms with E-state index in [1.54, 1.807) is 11.3 Å². The predicted molar refractivity (Wildman–Crippen MR) is 96.4 cm³/mol. The first kappa shape index (κ1) is 14.2. The third kappa shape index (κ3) is 2.35. The van der Waals surface area contributed by atoms with Crippen molar-refractivity contribution in [1.82, 2.24) is 14.5 Å².